The molecule has 0 saturated carbocycles. The largest absolute Gasteiger partial charge is 0.492 e. The Labute approximate surface area is 119 Å². The van der Waals surface area contributed by atoms with Crippen LogP contribution in [0, 0.1) is 0 Å². The molecule has 2 nitrogen and oxygen atoms in total. The van der Waals surface area contributed by atoms with Gasteiger partial charge in [0.05, 0.1) is 11.6 Å². The first kappa shape index (κ1) is 15.6. The Morgan fingerprint density at radius 1 is 1.33 bits per heavy atom. The van der Waals surface area contributed by atoms with Crippen LogP contribution in [0.5, 0.6) is 5.75 Å². The monoisotopic (exact) mass is 289 g/mol. The average Bonchev–Trinajstić information content (AvgIpc) is 2.34. The molecule has 0 fully saturated rings. The van der Waals surface area contributed by atoms with Crippen LogP contribution in [0.3, 0.4) is 0 Å². The quantitative estimate of drug-likeness (QED) is 0.795. The van der Waals surface area contributed by atoms with Gasteiger partial charge < -0.3 is 10.5 Å². The zero-order valence-electron chi connectivity index (χ0n) is 11.0. The minimum absolute atomic E-state index is 0.344. The van der Waals surface area contributed by atoms with E-state index < -0.39 is 0 Å². The molecule has 18 heavy (non-hydrogen) atoms. The maximum absolute atomic E-state index is 6.21. The highest BCUT2D eigenvalue weighted by Gasteiger charge is 2.16. The molecule has 0 saturated heterocycles. The third-order valence-corrected chi connectivity index (χ3v) is 3.36. The van der Waals surface area contributed by atoms with Gasteiger partial charge in [-0.2, -0.15) is 0 Å². The van der Waals surface area contributed by atoms with Crippen molar-refractivity contribution in [3.8, 4) is 5.75 Å². The first-order chi connectivity index (χ1) is 8.60. The predicted octanol–water partition coefficient (Wildman–Crippen LogP) is 4.62. The summed E-state index contributed by atoms with van der Waals surface area (Å²) in [7, 11) is 0. The van der Waals surface area contributed by atoms with Crippen molar-refractivity contribution in [3.05, 3.63) is 27.7 Å². The summed E-state index contributed by atoms with van der Waals surface area (Å²) in [5.41, 5.74) is 6.63. The molecule has 0 bridgehead atoms. The van der Waals surface area contributed by atoms with Gasteiger partial charge in [0.2, 0.25) is 0 Å². The van der Waals surface area contributed by atoms with Gasteiger partial charge in [0, 0.05) is 5.02 Å². The molecule has 0 heterocycles. The second kappa shape index (κ2) is 7.88. The lowest BCUT2D eigenvalue weighted by Gasteiger charge is -2.18. The fourth-order valence-corrected chi connectivity index (χ4v) is 2.45. The van der Waals surface area contributed by atoms with Crippen molar-refractivity contribution in [1.29, 1.82) is 0 Å². The molecule has 1 rings (SSSR count). The fourth-order valence-electron chi connectivity index (χ4n) is 1.88. The topological polar surface area (TPSA) is 35.2 Å². The predicted molar refractivity (Wildman–Crippen MR) is 79.0 cm³/mol. The SMILES string of the molecule is CCCOc1c(Cl)cc(Cl)cc1C(C)CCCN. The Balaban J connectivity index is 2.98. The lowest BCUT2D eigenvalue weighted by molar-refractivity contribution is 0.312. The van der Waals surface area contributed by atoms with Crippen LogP contribution in [-0.2, 0) is 0 Å². The number of hydrogen-bond donors (Lipinski definition) is 1. The van der Waals surface area contributed by atoms with E-state index in [0.717, 1.165) is 30.6 Å². The summed E-state index contributed by atoms with van der Waals surface area (Å²) in [5.74, 6) is 1.11. The molecule has 0 aliphatic rings. The first-order valence-corrected chi connectivity index (χ1v) is 7.17. The maximum Gasteiger partial charge on any atom is 0.141 e. The zero-order chi connectivity index (χ0) is 13.5. The molecule has 0 aliphatic heterocycles. The molecule has 0 aromatic heterocycles. The second-order valence-electron chi connectivity index (χ2n) is 4.49. The van der Waals surface area contributed by atoms with Gasteiger partial charge in [0.15, 0.2) is 0 Å². The van der Waals surface area contributed by atoms with Crippen LogP contribution in [0.15, 0.2) is 12.1 Å². The van der Waals surface area contributed by atoms with E-state index in [1.165, 1.54) is 0 Å². The van der Waals surface area contributed by atoms with Crippen molar-refractivity contribution in [3.63, 3.8) is 0 Å². The lowest BCUT2D eigenvalue weighted by Crippen LogP contribution is -2.05. The average molecular weight is 290 g/mol. The molecular formula is C14H21Cl2NO. The Bertz CT molecular complexity index is 382. The highest BCUT2D eigenvalue weighted by Crippen LogP contribution is 2.38. The van der Waals surface area contributed by atoms with E-state index in [0.29, 0.717) is 29.1 Å². The van der Waals surface area contributed by atoms with E-state index in [4.69, 9.17) is 33.7 Å². The number of rotatable bonds is 7. The van der Waals surface area contributed by atoms with E-state index in [2.05, 4.69) is 13.8 Å². The van der Waals surface area contributed by atoms with Crippen LogP contribution < -0.4 is 10.5 Å². The summed E-state index contributed by atoms with van der Waals surface area (Å²) >= 11 is 12.3. The molecule has 1 unspecified atom stereocenters. The van der Waals surface area contributed by atoms with Crippen molar-refractivity contribution >= 4 is 23.2 Å². The Morgan fingerprint density at radius 2 is 2.06 bits per heavy atom. The molecule has 4 heteroatoms. The summed E-state index contributed by atoms with van der Waals surface area (Å²) < 4.78 is 5.75. The fraction of sp³-hybridized carbons (Fsp3) is 0.571. The van der Waals surface area contributed by atoms with Gasteiger partial charge in [-0.3, -0.25) is 0 Å². The summed E-state index contributed by atoms with van der Waals surface area (Å²) in [6, 6.07) is 3.67. The minimum Gasteiger partial charge on any atom is -0.492 e. The number of ether oxygens (including phenoxy) is 1. The normalized spacial score (nSPS) is 12.5. The molecular weight excluding hydrogens is 269 g/mol. The molecule has 1 aromatic rings. The molecule has 102 valence electrons. The Morgan fingerprint density at radius 3 is 2.67 bits per heavy atom. The highest BCUT2D eigenvalue weighted by molar-refractivity contribution is 6.35. The Kier molecular flexibility index (Phi) is 6.83. The molecule has 1 atom stereocenters. The van der Waals surface area contributed by atoms with Crippen LogP contribution in [0.1, 0.15) is 44.6 Å². The zero-order valence-corrected chi connectivity index (χ0v) is 12.5. The van der Waals surface area contributed by atoms with Crippen LogP contribution in [0.4, 0.5) is 0 Å². The molecule has 0 spiro atoms. The van der Waals surface area contributed by atoms with E-state index >= 15 is 0 Å². The standard InChI is InChI=1S/C14H21Cl2NO/c1-3-7-18-14-12(10(2)5-4-6-17)8-11(15)9-13(14)16/h8-10H,3-7,17H2,1-2H3. The number of halogens is 2. The van der Waals surface area contributed by atoms with E-state index in [9.17, 15) is 0 Å². The molecule has 1 aromatic carbocycles. The van der Waals surface area contributed by atoms with Gasteiger partial charge in [0.1, 0.15) is 5.75 Å². The number of nitrogens with two attached hydrogens (primary N) is 1. The van der Waals surface area contributed by atoms with Crippen LogP contribution >= 0.6 is 23.2 Å². The van der Waals surface area contributed by atoms with Gasteiger partial charge in [-0.05, 0) is 49.4 Å². The summed E-state index contributed by atoms with van der Waals surface area (Å²) in [4.78, 5) is 0. The van der Waals surface area contributed by atoms with E-state index in [-0.39, 0.29) is 0 Å². The minimum atomic E-state index is 0.344. The van der Waals surface area contributed by atoms with E-state index in [1.807, 2.05) is 6.07 Å². The van der Waals surface area contributed by atoms with Crippen molar-refractivity contribution in [2.24, 2.45) is 5.73 Å². The van der Waals surface area contributed by atoms with Gasteiger partial charge in [0.25, 0.3) is 0 Å². The van der Waals surface area contributed by atoms with Crippen LogP contribution in [-0.4, -0.2) is 13.2 Å². The van der Waals surface area contributed by atoms with Gasteiger partial charge in [-0.25, -0.2) is 0 Å². The number of hydrogen-bond acceptors (Lipinski definition) is 2. The highest BCUT2D eigenvalue weighted by atomic mass is 35.5. The maximum atomic E-state index is 6.21. The smallest absolute Gasteiger partial charge is 0.141 e. The van der Waals surface area contributed by atoms with Gasteiger partial charge >= 0.3 is 0 Å². The first-order valence-electron chi connectivity index (χ1n) is 6.42. The third kappa shape index (κ3) is 4.34. The third-order valence-electron chi connectivity index (χ3n) is 2.86. The van der Waals surface area contributed by atoms with Crippen molar-refractivity contribution in [1.82, 2.24) is 0 Å². The van der Waals surface area contributed by atoms with Crippen LogP contribution in [0.2, 0.25) is 10.0 Å². The van der Waals surface area contributed by atoms with E-state index in [1.54, 1.807) is 6.07 Å². The number of benzene rings is 1. The second-order valence-corrected chi connectivity index (χ2v) is 5.33. The summed E-state index contributed by atoms with van der Waals surface area (Å²) in [5, 5.41) is 1.24. The molecule has 0 radical (unpaired) electrons. The van der Waals surface area contributed by atoms with Crippen molar-refractivity contribution in [2.45, 2.75) is 39.0 Å². The molecule has 0 amide bonds. The van der Waals surface area contributed by atoms with Gasteiger partial charge in [-0.15, -0.1) is 0 Å². The Hall–Kier alpha value is -0.440. The molecule has 0 aliphatic carbocycles. The van der Waals surface area contributed by atoms with Crippen LogP contribution in [0.25, 0.3) is 0 Å². The van der Waals surface area contributed by atoms with Crippen molar-refractivity contribution < 1.29 is 4.74 Å². The van der Waals surface area contributed by atoms with Gasteiger partial charge in [-0.1, -0.05) is 37.0 Å². The summed E-state index contributed by atoms with van der Waals surface area (Å²) in [6.07, 6.45) is 2.95. The summed E-state index contributed by atoms with van der Waals surface area (Å²) in [6.45, 7) is 5.58. The molecule has 2 N–H and O–H groups in total. The van der Waals surface area contributed by atoms with Crippen molar-refractivity contribution in [2.75, 3.05) is 13.2 Å². The lowest BCUT2D eigenvalue weighted by atomic mass is 9.95.